The number of hydrogen-bond donors (Lipinski definition) is 2. The number of aliphatic hydroxyl groups excluding tert-OH is 1. The number of rotatable bonds is 8. The van der Waals surface area contributed by atoms with Gasteiger partial charge in [-0.15, -0.1) is 11.8 Å². The Kier molecular flexibility index (Phi) is 7.25. The first-order chi connectivity index (χ1) is 9.95. The average molecular weight is 312 g/mol. The number of carboxylic acids is 1. The minimum absolute atomic E-state index is 0.227. The molecule has 0 aliphatic rings. The van der Waals surface area contributed by atoms with Crippen LogP contribution in [0.25, 0.3) is 0 Å². The zero-order chi connectivity index (χ0) is 15.8. The van der Waals surface area contributed by atoms with Crippen molar-refractivity contribution in [2.24, 2.45) is 5.92 Å². The molecule has 0 saturated heterocycles. The number of esters is 1. The van der Waals surface area contributed by atoms with E-state index >= 15 is 0 Å². The fraction of sp³-hybridized carbons (Fsp3) is 0.467. The molecular weight excluding hydrogens is 292 g/mol. The molecule has 1 aromatic rings. The van der Waals surface area contributed by atoms with Crippen LogP contribution in [-0.4, -0.2) is 40.1 Å². The third-order valence-electron chi connectivity index (χ3n) is 2.96. The Morgan fingerprint density at radius 2 is 1.90 bits per heavy atom. The minimum atomic E-state index is -1.09. The number of carboxylic acid groups (broad SMARTS) is 1. The maximum atomic E-state index is 11.7. The van der Waals surface area contributed by atoms with Gasteiger partial charge in [-0.1, -0.05) is 18.2 Å². The van der Waals surface area contributed by atoms with Crippen molar-refractivity contribution in [3.05, 3.63) is 30.3 Å². The molecule has 2 N–H and O–H groups in total. The van der Waals surface area contributed by atoms with Crippen LogP contribution in [0.2, 0.25) is 0 Å². The van der Waals surface area contributed by atoms with E-state index in [0.29, 0.717) is 0 Å². The lowest BCUT2D eigenvalue weighted by Gasteiger charge is -2.25. The summed E-state index contributed by atoms with van der Waals surface area (Å²) in [5.74, 6) is -2.31. The molecule has 0 bridgehead atoms. The molecule has 3 atom stereocenters. The number of aliphatic carboxylic acids is 1. The van der Waals surface area contributed by atoms with Crippen LogP contribution in [-0.2, 0) is 14.3 Å². The van der Waals surface area contributed by atoms with Crippen molar-refractivity contribution in [2.45, 2.75) is 36.5 Å². The maximum Gasteiger partial charge on any atom is 0.311 e. The standard InChI is InChI=1S/C15H20O5S/c1-3-20-15(19)10(2)14(18)12(9-13(16)17)21-11-7-5-4-6-8-11/h4-8,10,12,14,18H,3,9H2,1-2H3,(H,16,17)/t10?,12-,14+/m1/s1. The van der Waals surface area contributed by atoms with Gasteiger partial charge in [0.15, 0.2) is 0 Å². The third kappa shape index (κ3) is 5.77. The first kappa shape index (κ1) is 17.5. The molecule has 0 spiro atoms. The van der Waals surface area contributed by atoms with Crippen molar-refractivity contribution in [1.29, 1.82) is 0 Å². The largest absolute Gasteiger partial charge is 0.481 e. The van der Waals surface area contributed by atoms with Crippen molar-refractivity contribution in [1.82, 2.24) is 0 Å². The van der Waals surface area contributed by atoms with Crippen LogP contribution in [0.15, 0.2) is 35.2 Å². The van der Waals surface area contributed by atoms with Gasteiger partial charge >= 0.3 is 11.9 Å². The van der Waals surface area contributed by atoms with Crippen LogP contribution >= 0.6 is 11.8 Å². The lowest BCUT2D eigenvalue weighted by Crippen LogP contribution is -2.36. The number of ether oxygens (including phenoxy) is 1. The second kappa shape index (κ2) is 8.69. The normalized spacial score (nSPS) is 15.0. The summed E-state index contributed by atoms with van der Waals surface area (Å²) in [6, 6.07) is 9.19. The van der Waals surface area contributed by atoms with E-state index in [1.165, 1.54) is 11.8 Å². The second-order valence-electron chi connectivity index (χ2n) is 4.60. The van der Waals surface area contributed by atoms with E-state index in [2.05, 4.69) is 0 Å². The molecule has 1 aromatic carbocycles. The van der Waals surface area contributed by atoms with E-state index in [9.17, 15) is 14.7 Å². The van der Waals surface area contributed by atoms with Crippen molar-refractivity contribution >= 4 is 23.7 Å². The predicted molar refractivity (Wildman–Crippen MR) is 80.1 cm³/mol. The summed E-state index contributed by atoms with van der Waals surface area (Å²) in [6.45, 7) is 3.46. The molecule has 0 radical (unpaired) electrons. The molecule has 0 aliphatic carbocycles. The monoisotopic (exact) mass is 312 g/mol. The molecule has 0 saturated carbocycles. The van der Waals surface area contributed by atoms with Gasteiger partial charge in [0.2, 0.25) is 0 Å². The molecule has 0 heterocycles. The molecule has 5 nitrogen and oxygen atoms in total. The van der Waals surface area contributed by atoms with Crippen LogP contribution in [0.1, 0.15) is 20.3 Å². The summed E-state index contributed by atoms with van der Waals surface area (Å²) in [5, 5.41) is 18.7. The second-order valence-corrected chi connectivity index (χ2v) is 5.91. The Bertz CT molecular complexity index is 462. The zero-order valence-electron chi connectivity index (χ0n) is 12.1. The number of thioether (sulfide) groups is 1. The number of hydrogen-bond acceptors (Lipinski definition) is 5. The predicted octanol–water partition coefficient (Wildman–Crippen LogP) is 2.18. The van der Waals surface area contributed by atoms with Crippen LogP contribution in [0.4, 0.5) is 0 Å². The Labute approximate surface area is 128 Å². The van der Waals surface area contributed by atoms with Gasteiger partial charge in [0.05, 0.1) is 25.0 Å². The summed E-state index contributed by atoms with van der Waals surface area (Å²) in [5.41, 5.74) is 0. The van der Waals surface area contributed by atoms with E-state index in [1.807, 2.05) is 30.3 Å². The van der Waals surface area contributed by atoms with Crippen LogP contribution in [0.3, 0.4) is 0 Å². The van der Waals surface area contributed by atoms with Crippen LogP contribution in [0.5, 0.6) is 0 Å². The van der Waals surface area contributed by atoms with Crippen molar-refractivity contribution in [3.8, 4) is 0 Å². The van der Waals surface area contributed by atoms with Gasteiger partial charge in [-0.3, -0.25) is 9.59 Å². The third-order valence-corrected chi connectivity index (χ3v) is 4.25. The highest BCUT2D eigenvalue weighted by Crippen LogP contribution is 2.30. The Balaban J connectivity index is 2.81. The molecular formula is C15H20O5S. The molecule has 21 heavy (non-hydrogen) atoms. The zero-order valence-corrected chi connectivity index (χ0v) is 12.9. The van der Waals surface area contributed by atoms with Crippen molar-refractivity contribution < 1.29 is 24.5 Å². The molecule has 0 aliphatic heterocycles. The van der Waals surface area contributed by atoms with E-state index in [4.69, 9.17) is 9.84 Å². The number of aliphatic hydroxyl groups is 1. The molecule has 1 unspecified atom stereocenters. The summed E-state index contributed by atoms with van der Waals surface area (Å²) >= 11 is 1.25. The minimum Gasteiger partial charge on any atom is -0.481 e. The van der Waals surface area contributed by atoms with Crippen molar-refractivity contribution in [3.63, 3.8) is 0 Å². The molecule has 6 heteroatoms. The lowest BCUT2D eigenvalue weighted by atomic mass is 10.00. The summed E-state index contributed by atoms with van der Waals surface area (Å²) in [7, 11) is 0. The average Bonchev–Trinajstić information content (AvgIpc) is 2.46. The topological polar surface area (TPSA) is 83.8 Å². The Hall–Kier alpha value is -1.53. The van der Waals surface area contributed by atoms with Crippen molar-refractivity contribution in [2.75, 3.05) is 6.61 Å². The van der Waals surface area contributed by atoms with Gasteiger partial charge < -0.3 is 14.9 Å². The number of carbonyl (C=O) groups excluding carboxylic acids is 1. The van der Waals surface area contributed by atoms with E-state index in [-0.39, 0.29) is 13.0 Å². The number of carbonyl (C=O) groups is 2. The fourth-order valence-electron chi connectivity index (χ4n) is 1.81. The quantitative estimate of drug-likeness (QED) is 0.565. The van der Waals surface area contributed by atoms with E-state index < -0.39 is 29.2 Å². The summed E-state index contributed by atoms with van der Waals surface area (Å²) in [4.78, 5) is 23.5. The SMILES string of the molecule is CCOC(=O)C(C)[C@H](O)[C@@H](CC(=O)O)Sc1ccccc1. The highest BCUT2D eigenvalue weighted by Gasteiger charge is 2.32. The van der Waals surface area contributed by atoms with Crippen LogP contribution in [0, 0.1) is 5.92 Å². The molecule has 0 fully saturated rings. The highest BCUT2D eigenvalue weighted by atomic mass is 32.2. The van der Waals surface area contributed by atoms with Crippen LogP contribution < -0.4 is 0 Å². The smallest absolute Gasteiger partial charge is 0.311 e. The molecule has 0 aromatic heterocycles. The molecule has 1 rings (SSSR count). The molecule has 116 valence electrons. The van der Waals surface area contributed by atoms with E-state index in [0.717, 1.165) is 4.90 Å². The van der Waals surface area contributed by atoms with Gasteiger partial charge in [0.1, 0.15) is 0 Å². The van der Waals surface area contributed by atoms with Gasteiger partial charge in [-0.25, -0.2) is 0 Å². The number of benzene rings is 1. The maximum absolute atomic E-state index is 11.7. The Morgan fingerprint density at radius 1 is 1.29 bits per heavy atom. The highest BCUT2D eigenvalue weighted by molar-refractivity contribution is 8.00. The summed E-state index contributed by atoms with van der Waals surface area (Å²) < 4.78 is 4.87. The first-order valence-corrected chi connectivity index (χ1v) is 7.61. The van der Waals surface area contributed by atoms with Gasteiger partial charge in [0.25, 0.3) is 0 Å². The fourth-order valence-corrected chi connectivity index (χ4v) is 3.08. The van der Waals surface area contributed by atoms with E-state index in [1.54, 1.807) is 13.8 Å². The molecule has 0 amide bonds. The Morgan fingerprint density at radius 3 is 2.43 bits per heavy atom. The van der Waals surface area contributed by atoms with Gasteiger partial charge in [-0.2, -0.15) is 0 Å². The van der Waals surface area contributed by atoms with Gasteiger partial charge in [-0.05, 0) is 26.0 Å². The first-order valence-electron chi connectivity index (χ1n) is 6.73. The summed E-state index contributed by atoms with van der Waals surface area (Å²) in [6.07, 6.45) is -1.32. The van der Waals surface area contributed by atoms with Gasteiger partial charge in [0, 0.05) is 10.1 Å². The lowest BCUT2D eigenvalue weighted by molar-refractivity contribution is -0.152.